The van der Waals surface area contributed by atoms with Gasteiger partial charge in [0, 0.05) is 5.56 Å². The minimum Gasteiger partial charge on any atom is -0.379 e. The van der Waals surface area contributed by atoms with Crippen molar-refractivity contribution >= 4 is 0 Å². The average Bonchev–Trinajstić information content (AvgIpc) is 2.66. The molecule has 1 heterocycles. The van der Waals surface area contributed by atoms with Crippen LogP contribution < -0.4 is 11.2 Å². The summed E-state index contributed by atoms with van der Waals surface area (Å²) < 4.78 is 6.99. The van der Waals surface area contributed by atoms with Crippen LogP contribution in [0.4, 0.5) is 0 Å². The highest BCUT2D eigenvalue weighted by Crippen LogP contribution is 2.30. The zero-order valence-corrected chi connectivity index (χ0v) is 16.2. The molecule has 1 unspecified atom stereocenters. The second-order valence-corrected chi connectivity index (χ2v) is 7.07. The van der Waals surface area contributed by atoms with E-state index in [-0.39, 0.29) is 18.0 Å². The number of hydrogen-bond donors (Lipinski definition) is 2. The number of aliphatic hydroxyl groups is 1. The molecule has 1 aromatic heterocycles. The number of nitrogens with one attached hydrogen (secondary N) is 1. The minimum absolute atomic E-state index is 0.0946. The lowest BCUT2D eigenvalue weighted by molar-refractivity contribution is 0.0386. The van der Waals surface area contributed by atoms with Crippen molar-refractivity contribution in [3.05, 3.63) is 103 Å². The number of hydrogen-bond acceptors (Lipinski definition) is 4. The molecule has 0 saturated heterocycles. The monoisotopic (exact) mass is 380 g/mol. The Morgan fingerprint density at radius 2 is 1.79 bits per heavy atom. The molecule has 6 heteroatoms. The molecular weight excluding hydrogens is 356 g/mol. The standard InChI is InChI=1S/C22H24N2O4/c1-15-8-7-11-18(12-15)22(3,27)19-16(2)20(25)23-21(26)24(19)14-28-13-17-9-5-4-6-10-17/h4-12,27H,13-14H2,1-3H3,(H,23,25,26). The van der Waals surface area contributed by atoms with Gasteiger partial charge in [0.1, 0.15) is 12.3 Å². The first kappa shape index (κ1) is 19.8. The van der Waals surface area contributed by atoms with Gasteiger partial charge in [0.25, 0.3) is 5.56 Å². The number of aromatic nitrogens is 2. The Balaban J connectivity index is 2.02. The summed E-state index contributed by atoms with van der Waals surface area (Å²) in [7, 11) is 0. The number of rotatable bonds is 6. The third-order valence-corrected chi connectivity index (χ3v) is 4.80. The Hall–Kier alpha value is -2.96. The minimum atomic E-state index is -1.54. The maximum atomic E-state index is 12.5. The molecule has 146 valence electrons. The Morgan fingerprint density at radius 3 is 2.46 bits per heavy atom. The molecule has 0 radical (unpaired) electrons. The average molecular weight is 380 g/mol. The van der Waals surface area contributed by atoms with Gasteiger partial charge in [-0.25, -0.2) is 4.79 Å². The van der Waals surface area contributed by atoms with Crippen molar-refractivity contribution in [3.8, 4) is 0 Å². The molecule has 0 aliphatic carbocycles. The summed E-state index contributed by atoms with van der Waals surface area (Å²) in [5.41, 5.74) is 0.336. The van der Waals surface area contributed by atoms with Gasteiger partial charge in [0.15, 0.2) is 0 Å². The van der Waals surface area contributed by atoms with Gasteiger partial charge in [-0.15, -0.1) is 0 Å². The smallest absolute Gasteiger partial charge is 0.330 e. The van der Waals surface area contributed by atoms with Crippen molar-refractivity contribution in [1.82, 2.24) is 9.55 Å². The van der Waals surface area contributed by atoms with E-state index in [9.17, 15) is 14.7 Å². The van der Waals surface area contributed by atoms with Crippen LogP contribution in [0.15, 0.2) is 64.2 Å². The topological polar surface area (TPSA) is 84.3 Å². The van der Waals surface area contributed by atoms with Crippen molar-refractivity contribution in [1.29, 1.82) is 0 Å². The quantitative estimate of drug-likeness (QED) is 0.688. The van der Waals surface area contributed by atoms with Crippen LogP contribution in [-0.4, -0.2) is 14.7 Å². The summed E-state index contributed by atoms with van der Waals surface area (Å²) in [5, 5.41) is 11.3. The third kappa shape index (κ3) is 3.98. The van der Waals surface area contributed by atoms with E-state index in [4.69, 9.17) is 4.74 Å². The zero-order chi connectivity index (χ0) is 20.3. The number of aryl methyl sites for hydroxylation is 1. The second kappa shape index (κ2) is 7.96. The third-order valence-electron chi connectivity index (χ3n) is 4.80. The first-order chi connectivity index (χ1) is 13.3. The van der Waals surface area contributed by atoms with E-state index in [2.05, 4.69) is 4.98 Å². The first-order valence-corrected chi connectivity index (χ1v) is 9.06. The number of aromatic amines is 1. The van der Waals surface area contributed by atoms with Gasteiger partial charge in [-0.1, -0.05) is 60.2 Å². The molecule has 0 aliphatic heterocycles. The van der Waals surface area contributed by atoms with Crippen LogP contribution in [0, 0.1) is 13.8 Å². The fraction of sp³-hybridized carbons (Fsp3) is 0.273. The van der Waals surface area contributed by atoms with Crippen molar-refractivity contribution < 1.29 is 9.84 Å². The van der Waals surface area contributed by atoms with Crippen molar-refractivity contribution in [2.45, 2.75) is 39.7 Å². The number of nitrogens with zero attached hydrogens (tertiary/aromatic N) is 1. The summed E-state index contributed by atoms with van der Waals surface area (Å²) in [4.78, 5) is 27.0. The van der Waals surface area contributed by atoms with E-state index < -0.39 is 16.9 Å². The SMILES string of the molecule is Cc1cccc(C(C)(O)c2c(C)c(=O)[nH]c(=O)n2COCc2ccccc2)c1. The Kier molecular flexibility index (Phi) is 5.63. The summed E-state index contributed by atoms with van der Waals surface area (Å²) in [5.74, 6) is 0. The lowest BCUT2D eigenvalue weighted by atomic mass is 9.89. The molecule has 28 heavy (non-hydrogen) atoms. The molecule has 3 aromatic rings. The van der Waals surface area contributed by atoms with Gasteiger partial charge in [-0.05, 0) is 31.9 Å². The molecule has 2 N–H and O–H groups in total. The summed E-state index contributed by atoms with van der Waals surface area (Å²) in [6.45, 7) is 5.29. The van der Waals surface area contributed by atoms with Crippen LogP contribution in [0.25, 0.3) is 0 Å². The second-order valence-electron chi connectivity index (χ2n) is 7.07. The van der Waals surface area contributed by atoms with Crippen molar-refractivity contribution in [2.24, 2.45) is 0 Å². The van der Waals surface area contributed by atoms with Crippen LogP contribution in [0.2, 0.25) is 0 Å². The highest BCUT2D eigenvalue weighted by Gasteiger charge is 2.32. The normalized spacial score (nSPS) is 13.3. The Bertz CT molecular complexity index is 1080. The van der Waals surface area contributed by atoms with E-state index in [0.717, 1.165) is 11.1 Å². The van der Waals surface area contributed by atoms with Crippen LogP contribution in [-0.2, 0) is 23.7 Å². The Morgan fingerprint density at radius 1 is 1.07 bits per heavy atom. The predicted octanol–water partition coefficient (Wildman–Crippen LogP) is 2.58. The molecule has 1 atom stereocenters. The largest absolute Gasteiger partial charge is 0.379 e. The van der Waals surface area contributed by atoms with E-state index in [0.29, 0.717) is 12.2 Å². The maximum Gasteiger partial charge on any atom is 0.330 e. The van der Waals surface area contributed by atoms with Gasteiger partial charge in [-0.3, -0.25) is 14.3 Å². The molecule has 6 nitrogen and oxygen atoms in total. The number of benzene rings is 2. The van der Waals surface area contributed by atoms with E-state index >= 15 is 0 Å². The predicted molar refractivity (Wildman–Crippen MR) is 107 cm³/mol. The highest BCUT2D eigenvalue weighted by molar-refractivity contribution is 5.37. The lowest BCUT2D eigenvalue weighted by Crippen LogP contribution is -2.41. The van der Waals surface area contributed by atoms with E-state index in [1.165, 1.54) is 4.57 Å². The molecule has 2 aromatic carbocycles. The number of ether oxygens (including phenoxy) is 1. The van der Waals surface area contributed by atoms with E-state index in [1.807, 2.05) is 55.5 Å². The fourth-order valence-electron chi connectivity index (χ4n) is 3.33. The highest BCUT2D eigenvalue weighted by atomic mass is 16.5. The molecule has 0 amide bonds. The zero-order valence-electron chi connectivity index (χ0n) is 16.2. The van der Waals surface area contributed by atoms with Crippen LogP contribution >= 0.6 is 0 Å². The Labute approximate surface area is 163 Å². The van der Waals surface area contributed by atoms with Crippen LogP contribution in [0.5, 0.6) is 0 Å². The van der Waals surface area contributed by atoms with Gasteiger partial charge < -0.3 is 9.84 Å². The molecule has 0 bridgehead atoms. The molecular formula is C22H24N2O4. The van der Waals surface area contributed by atoms with Crippen molar-refractivity contribution in [2.75, 3.05) is 0 Å². The van der Waals surface area contributed by atoms with Crippen LogP contribution in [0.1, 0.15) is 34.9 Å². The maximum absolute atomic E-state index is 12.5. The summed E-state index contributed by atoms with van der Waals surface area (Å²) >= 11 is 0. The van der Waals surface area contributed by atoms with Gasteiger partial charge in [0.05, 0.1) is 12.3 Å². The molecule has 0 aliphatic rings. The summed E-state index contributed by atoms with van der Waals surface area (Å²) in [6, 6.07) is 16.9. The van der Waals surface area contributed by atoms with E-state index in [1.54, 1.807) is 19.9 Å². The molecule has 3 rings (SSSR count). The molecule has 0 spiro atoms. The van der Waals surface area contributed by atoms with Crippen LogP contribution in [0.3, 0.4) is 0 Å². The van der Waals surface area contributed by atoms with Crippen molar-refractivity contribution in [3.63, 3.8) is 0 Å². The number of H-pyrrole nitrogens is 1. The molecule has 0 fully saturated rings. The fourth-order valence-corrected chi connectivity index (χ4v) is 3.33. The molecule has 0 saturated carbocycles. The van der Waals surface area contributed by atoms with Gasteiger partial charge >= 0.3 is 5.69 Å². The van der Waals surface area contributed by atoms with Gasteiger partial charge in [0.2, 0.25) is 0 Å². The first-order valence-electron chi connectivity index (χ1n) is 9.06. The summed E-state index contributed by atoms with van der Waals surface area (Å²) in [6.07, 6.45) is 0. The lowest BCUT2D eigenvalue weighted by Gasteiger charge is -2.29. The van der Waals surface area contributed by atoms with Gasteiger partial charge in [-0.2, -0.15) is 0 Å².